The quantitative estimate of drug-likeness (QED) is 0.498. The molecule has 4 fully saturated rings. The van der Waals surface area contributed by atoms with E-state index in [2.05, 4.69) is 0 Å². The maximum Gasteiger partial charge on any atom is 0.317 e. The molecule has 0 unspecified atom stereocenters. The highest BCUT2D eigenvalue weighted by Gasteiger charge is 2.60. The van der Waals surface area contributed by atoms with Crippen LogP contribution in [0.1, 0.15) is 51.4 Å². The molecule has 0 radical (unpaired) electrons. The zero-order valence-electron chi connectivity index (χ0n) is 11.3. The summed E-state index contributed by atoms with van der Waals surface area (Å²) >= 11 is 0. The van der Waals surface area contributed by atoms with Crippen molar-refractivity contribution < 1.29 is 14.3 Å². The molecule has 0 aromatic carbocycles. The Morgan fingerprint density at radius 3 is 1.42 bits per heavy atom. The molecule has 4 aliphatic rings. The van der Waals surface area contributed by atoms with E-state index in [1.54, 1.807) is 0 Å². The number of hydrogen-bond donors (Lipinski definition) is 0. The van der Waals surface area contributed by atoms with Gasteiger partial charge >= 0.3 is 11.9 Å². The van der Waals surface area contributed by atoms with Crippen molar-refractivity contribution in [2.24, 2.45) is 35.5 Å². The van der Waals surface area contributed by atoms with Crippen LogP contribution in [0.4, 0.5) is 0 Å². The van der Waals surface area contributed by atoms with Crippen LogP contribution in [0.15, 0.2) is 0 Å². The van der Waals surface area contributed by atoms with Gasteiger partial charge in [0, 0.05) is 0 Å². The smallest absolute Gasteiger partial charge is 0.317 e. The van der Waals surface area contributed by atoms with E-state index >= 15 is 0 Å². The van der Waals surface area contributed by atoms with Gasteiger partial charge in [0.2, 0.25) is 0 Å². The van der Waals surface area contributed by atoms with Gasteiger partial charge < -0.3 is 4.74 Å². The number of fused-ring (bicyclic) bond motifs is 6. The summed E-state index contributed by atoms with van der Waals surface area (Å²) in [4.78, 5) is 24.2. The first-order valence-electron chi connectivity index (χ1n) is 8.03. The highest BCUT2D eigenvalue weighted by molar-refractivity contribution is 5.97. The van der Waals surface area contributed by atoms with E-state index in [9.17, 15) is 9.59 Å². The summed E-state index contributed by atoms with van der Waals surface area (Å²) in [6, 6.07) is 0. The molecule has 6 atom stereocenters. The highest BCUT2D eigenvalue weighted by atomic mass is 16.6. The molecule has 3 nitrogen and oxygen atoms in total. The van der Waals surface area contributed by atoms with E-state index in [4.69, 9.17) is 4.74 Å². The molecule has 104 valence electrons. The summed E-state index contributed by atoms with van der Waals surface area (Å²) < 4.78 is 5.03. The van der Waals surface area contributed by atoms with E-state index in [1.165, 1.54) is 38.5 Å². The van der Waals surface area contributed by atoms with Gasteiger partial charge in [-0.1, -0.05) is 25.7 Å². The SMILES string of the molecule is O=C1OC(=O)[C@@H]2[C@@H]3CCCC[C@H]3[C@H]3CCCC[C@H]3[C@@H]12. The molecule has 3 aliphatic carbocycles. The molecule has 4 rings (SSSR count). The molecule has 0 N–H and O–H groups in total. The van der Waals surface area contributed by atoms with Crippen molar-refractivity contribution in [3.05, 3.63) is 0 Å². The number of cyclic esters (lactones) is 2. The lowest BCUT2D eigenvalue weighted by Crippen LogP contribution is -2.49. The van der Waals surface area contributed by atoms with Crippen LogP contribution < -0.4 is 0 Å². The number of ether oxygens (including phenoxy) is 1. The number of hydrogen-bond acceptors (Lipinski definition) is 3. The minimum Gasteiger partial charge on any atom is -0.393 e. The fraction of sp³-hybridized carbons (Fsp3) is 0.875. The van der Waals surface area contributed by atoms with Crippen molar-refractivity contribution in [3.63, 3.8) is 0 Å². The van der Waals surface area contributed by atoms with Crippen molar-refractivity contribution in [2.75, 3.05) is 0 Å². The van der Waals surface area contributed by atoms with Crippen molar-refractivity contribution in [1.82, 2.24) is 0 Å². The molecule has 1 saturated heterocycles. The molecule has 0 bridgehead atoms. The first-order chi connectivity index (χ1) is 9.27. The van der Waals surface area contributed by atoms with E-state index in [-0.39, 0.29) is 23.8 Å². The Morgan fingerprint density at radius 2 is 1.00 bits per heavy atom. The van der Waals surface area contributed by atoms with E-state index in [1.807, 2.05) is 0 Å². The van der Waals surface area contributed by atoms with Crippen molar-refractivity contribution in [3.8, 4) is 0 Å². The summed E-state index contributed by atoms with van der Waals surface area (Å²) in [5.74, 6) is 1.70. The lowest BCUT2D eigenvalue weighted by atomic mass is 9.51. The van der Waals surface area contributed by atoms with Crippen LogP contribution in [0, 0.1) is 35.5 Å². The first kappa shape index (κ1) is 11.9. The van der Waals surface area contributed by atoms with Gasteiger partial charge in [0.25, 0.3) is 0 Å². The Kier molecular flexibility index (Phi) is 2.71. The van der Waals surface area contributed by atoms with Crippen LogP contribution in [0.5, 0.6) is 0 Å². The number of esters is 2. The topological polar surface area (TPSA) is 43.4 Å². The number of rotatable bonds is 0. The maximum absolute atomic E-state index is 12.1. The zero-order chi connectivity index (χ0) is 13.0. The molecule has 3 heteroatoms. The highest BCUT2D eigenvalue weighted by Crippen LogP contribution is 2.58. The number of carbonyl (C=O) groups excluding carboxylic acids is 2. The molecule has 0 amide bonds. The number of carbonyl (C=O) groups is 2. The van der Waals surface area contributed by atoms with Crippen LogP contribution in [0.3, 0.4) is 0 Å². The molecule has 3 saturated carbocycles. The minimum absolute atomic E-state index is 0.0860. The normalized spacial score (nSPS) is 49.1. The molecule has 1 heterocycles. The van der Waals surface area contributed by atoms with Crippen LogP contribution in [-0.4, -0.2) is 11.9 Å². The average molecular weight is 262 g/mol. The molecular formula is C16H22O3. The second kappa shape index (κ2) is 4.32. The third kappa shape index (κ3) is 1.63. The van der Waals surface area contributed by atoms with Gasteiger partial charge in [-0.15, -0.1) is 0 Å². The van der Waals surface area contributed by atoms with Gasteiger partial charge in [-0.3, -0.25) is 9.59 Å². The molecule has 1 aliphatic heterocycles. The first-order valence-corrected chi connectivity index (χ1v) is 8.03. The summed E-state index contributed by atoms with van der Waals surface area (Å²) in [7, 11) is 0. The zero-order valence-corrected chi connectivity index (χ0v) is 11.3. The Balaban J connectivity index is 1.74. The van der Waals surface area contributed by atoms with Crippen LogP contribution in [0.25, 0.3) is 0 Å². The van der Waals surface area contributed by atoms with Gasteiger partial charge in [-0.25, -0.2) is 0 Å². The molecule has 19 heavy (non-hydrogen) atoms. The van der Waals surface area contributed by atoms with Crippen molar-refractivity contribution in [2.45, 2.75) is 51.4 Å². The standard InChI is InChI=1S/C16H22O3/c17-15-13-11-7-3-1-5-9(11)10-6-2-4-8-12(10)14(13)16(18)19-15/h9-14H,1-8H2/t9-,10+,11-,12-,13-,14-/m1/s1. The van der Waals surface area contributed by atoms with Gasteiger partial charge in [0.15, 0.2) is 0 Å². The Morgan fingerprint density at radius 1 is 0.632 bits per heavy atom. The Hall–Kier alpha value is -0.860. The van der Waals surface area contributed by atoms with Crippen LogP contribution in [0.2, 0.25) is 0 Å². The Bertz CT molecular complexity index is 378. The Labute approximate surface area is 114 Å². The van der Waals surface area contributed by atoms with Gasteiger partial charge in [-0.2, -0.15) is 0 Å². The fourth-order valence-corrected chi connectivity index (χ4v) is 5.74. The van der Waals surface area contributed by atoms with Crippen LogP contribution >= 0.6 is 0 Å². The van der Waals surface area contributed by atoms with Crippen molar-refractivity contribution >= 4 is 11.9 Å². The molecular weight excluding hydrogens is 240 g/mol. The third-order valence-corrected chi connectivity index (χ3v) is 6.35. The largest absolute Gasteiger partial charge is 0.393 e. The third-order valence-electron chi connectivity index (χ3n) is 6.35. The van der Waals surface area contributed by atoms with Gasteiger partial charge in [0.05, 0.1) is 11.8 Å². The van der Waals surface area contributed by atoms with E-state index in [0.29, 0.717) is 23.7 Å². The maximum atomic E-state index is 12.1. The van der Waals surface area contributed by atoms with Gasteiger partial charge in [0.1, 0.15) is 0 Å². The summed E-state index contributed by atoms with van der Waals surface area (Å²) in [5.41, 5.74) is 0. The van der Waals surface area contributed by atoms with Crippen LogP contribution in [-0.2, 0) is 14.3 Å². The molecule has 0 aromatic rings. The monoisotopic (exact) mass is 262 g/mol. The minimum atomic E-state index is -0.198. The second-order valence-electron chi connectivity index (χ2n) is 7.02. The fourth-order valence-electron chi connectivity index (χ4n) is 5.74. The average Bonchev–Trinajstić information content (AvgIpc) is 2.75. The molecule has 0 spiro atoms. The molecule has 0 aromatic heterocycles. The predicted octanol–water partition coefficient (Wildman–Crippen LogP) is 2.93. The summed E-state index contributed by atoms with van der Waals surface area (Å²) in [6.45, 7) is 0. The predicted molar refractivity (Wildman–Crippen MR) is 69.0 cm³/mol. The lowest BCUT2D eigenvalue weighted by molar-refractivity contribution is -0.154. The van der Waals surface area contributed by atoms with Gasteiger partial charge in [-0.05, 0) is 49.4 Å². The lowest BCUT2D eigenvalue weighted by Gasteiger charge is -2.51. The van der Waals surface area contributed by atoms with E-state index < -0.39 is 0 Å². The summed E-state index contributed by atoms with van der Waals surface area (Å²) in [6.07, 6.45) is 9.89. The van der Waals surface area contributed by atoms with E-state index in [0.717, 1.165) is 12.8 Å². The van der Waals surface area contributed by atoms with Crippen molar-refractivity contribution in [1.29, 1.82) is 0 Å². The summed E-state index contributed by atoms with van der Waals surface area (Å²) in [5, 5.41) is 0. The second-order valence-corrected chi connectivity index (χ2v) is 7.02.